The largest absolute Gasteiger partial charge is 0.452 e. The highest BCUT2D eigenvalue weighted by Crippen LogP contribution is 2.28. The van der Waals surface area contributed by atoms with Crippen LogP contribution in [0.25, 0.3) is 0 Å². The fourth-order valence-corrected chi connectivity index (χ4v) is 4.41. The summed E-state index contributed by atoms with van der Waals surface area (Å²) in [7, 11) is 0. The van der Waals surface area contributed by atoms with Crippen molar-refractivity contribution in [3.05, 3.63) is 101 Å². The summed E-state index contributed by atoms with van der Waals surface area (Å²) in [5.74, 6) is -1.88. The summed E-state index contributed by atoms with van der Waals surface area (Å²) in [5.41, 5.74) is 3.29. The molecule has 0 bridgehead atoms. The molecule has 0 aromatic heterocycles. The second-order valence-corrected chi connectivity index (χ2v) is 8.30. The van der Waals surface area contributed by atoms with E-state index < -0.39 is 24.4 Å². The number of esters is 1. The molecular weight excluding hydrogens is 432 g/mol. The van der Waals surface area contributed by atoms with Crippen molar-refractivity contribution in [2.75, 3.05) is 18.1 Å². The number of anilines is 1. The number of carbonyl (C=O) groups is 4. The Kier molecular flexibility index (Phi) is 5.67. The van der Waals surface area contributed by atoms with E-state index in [1.807, 2.05) is 54.6 Å². The van der Waals surface area contributed by atoms with Crippen LogP contribution in [0.5, 0.6) is 0 Å². The molecule has 5 rings (SSSR count). The maximum atomic E-state index is 12.9. The molecule has 0 radical (unpaired) electrons. The van der Waals surface area contributed by atoms with E-state index in [2.05, 4.69) is 0 Å². The Morgan fingerprint density at radius 3 is 2.41 bits per heavy atom. The summed E-state index contributed by atoms with van der Waals surface area (Å²) in [5, 5.41) is 0. The number of para-hydroxylation sites is 1. The first-order valence-electron chi connectivity index (χ1n) is 11.1. The van der Waals surface area contributed by atoms with Gasteiger partial charge in [-0.2, -0.15) is 0 Å². The van der Waals surface area contributed by atoms with Gasteiger partial charge in [0, 0.05) is 12.2 Å². The predicted molar refractivity (Wildman–Crippen MR) is 124 cm³/mol. The number of amides is 3. The highest BCUT2D eigenvalue weighted by atomic mass is 16.5. The Balaban J connectivity index is 1.27. The van der Waals surface area contributed by atoms with Crippen LogP contribution in [0.1, 0.15) is 48.6 Å². The van der Waals surface area contributed by atoms with Crippen LogP contribution in [0.2, 0.25) is 0 Å². The molecular formula is C27H22N2O5. The molecule has 7 heteroatoms. The summed E-state index contributed by atoms with van der Waals surface area (Å²) in [6, 6.07) is 21.2. The van der Waals surface area contributed by atoms with Gasteiger partial charge in [0.2, 0.25) is 0 Å². The third-order valence-corrected chi connectivity index (χ3v) is 6.13. The van der Waals surface area contributed by atoms with Gasteiger partial charge in [-0.05, 0) is 48.2 Å². The number of aryl methyl sites for hydroxylation is 1. The number of nitrogens with zero attached hydrogens (tertiary/aromatic N) is 2. The summed E-state index contributed by atoms with van der Waals surface area (Å²) >= 11 is 0. The van der Waals surface area contributed by atoms with Gasteiger partial charge in [-0.25, -0.2) is 4.79 Å². The Morgan fingerprint density at radius 2 is 1.59 bits per heavy atom. The minimum absolute atomic E-state index is 0.119. The lowest BCUT2D eigenvalue weighted by atomic mass is 10.0. The van der Waals surface area contributed by atoms with Crippen LogP contribution >= 0.6 is 0 Å². The van der Waals surface area contributed by atoms with Crippen molar-refractivity contribution < 1.29 is 23.9 Å². The topological polar surface area (TPSA) is 84.0 Å². The molecule has 0 atom stereocenters. The second-order valence-electron chi connectivity index (χ2n) is 8.30. The van der Waals surface area contributed by atoms with E-state index in [4.69, 9.17) is 4.74 Å². The van der Waals surface area contributed by atoms with Gasteiger partial charge >= 0.3 is 5.97 Å². The first-order valence-corrected chi connectivity index (χ1v) is 11.1. The van der Waals surface area contributed by atoms with Gasteiger partial charge in [-0.15, -0.1) is 0 Å². The van der Waals surface area contributed by atoms with Crippen LogP contribution in [0, 0.1) is 0 Å². The molecule has 0 spiro atoms. The summed E-state index contributed by atoms with van der Waals surface area (Å²) in [4.78, 5) is 53.8. The molecule has 0 unspecified atom stereocenters. The molecule has 2 aliphatic rings. The fourth-order valence-electron chi connectivity index (χ4n) is 4.41. The first-order chi connectivity index (χ1) is 16.5. The van der Waals surface area contributed by atoms with E-state index in [9.17, 15) is 19.2 Å². The smallest absolute Gasteiger partial charge is 0.338 e. The molecule has 0 saturated carbocycles. The molecule has 7 nitrogen and oxygen atoms in total. The zero-order valence-corrected chi connectivity index (χ0v) is 18.4. The average molecular weight is 454 g/mol. The highest BCUT2D eigenvalue weighted by Gasteiger charge is 2.36. The molecule has 0 aliphatic carbocycles. The van der Waals surface area contributed by atoms with Crippen LogP contribution in [0.4, 0.5) is 5.69 Å². The minimum Gasteiger partial charge on any atom is -0.452 e. The number of carbonyl (C=O) groups excluding carboxylic acids is 4. The van der Waals surface area contributed by atoms with Gasteiger partial charge in [0.15, 0.2) is 6.61 Å². The Hall–Kier alpha value is -4.26. The molecule has 3 aromatic carbocycles. The van der Waals surface area contributed by atoms with Crippen molar-refractivity contribution in [3.63, 3.8) is 0 Å². The predicted octanol–water partition coefficient (Wildman–Crippen LogP) is 3.62. The fraction of sp³-hybridized carbons (Fsp3) is 0.185. The monoisotopic (exact) mass is 454 g/mol. The molecule has 3 aromatic rings. The second kappa shape index (κ2) is 8.94. The van der Waals surface area contributed by atoms with Crippen LogP contribution in [-0.2, 0) is 22.5 Å². The van der Waals surface area contributed by atoms with Crippen molar-refractivity contribution >= 4 is 29.4 Å². The van der Waals surface area contributed by atoms with Gasteiger partial charge in [0.1, 0.15) is 0 Å². The maximum Gasteiger partial charge on any atom is 0.338 e. The number of hydrogen-bond donors (Lipinski definition) is 0. The van der Waals surface area contributed by atoms with Crippen molar-refractivity contribution in [1.29, 1.82) is 0 Å². The number of benzene rings is 3. The first kappa shape index (κ1) is 21.6. The molecule has 0 saturated heterocycles. The van der Waals surface area contributed by atoms with E-state index in [0.717, 1.165) is 34.6 Å². The molecule has 2 aliphatic heterocycles. The molecule has 2 heterocycles. The van der Waals surface area contributed by atoms with Crippen LogP contribution in [-0.4, -0.2) is 41.7 Å². The standard InChI is InChI=1S/C27H22N2O5/c30-24(28-14-6-10-19-9-4-5-11-23(19)28)17-34-27(33)20-12-13-21-22(15-20)26(32)29(25(21)31)16-18-7-2-1-3-8-18/h1-5,7-9,11-13,15H,6,10,14,16-17H2. The third kappa shape index (κ3) is 3.96. The summed E-state index contributed by atoms with van der Waals surface area (Å²) in [6.45, 7) is 0.316. The average Bonchev–Trinajstić information content (AvgIpc) is 3.11. The third-order valence-electron chi connectivity index (χ3n) is 6.13. The van der Waals surface area contributed by atoms with Crippen molar-refractivity contribution in [1.82, 2.24) is 4.90 Å². The summed E-state index contributed by atoms with van der Waals surface area (Å²) in [6.07, 6.45) is 1.75. The molecule has 34 heavy (non-hydrogen) atoms. The summed E-state index contributed by atoms with van der Waals surface area (Å²) < 4.78 is 5.26. The highest BCUT2D eigenvalue weighted by molar-refractivity contribution is 6.21. The van der Waals surface area contributed by atoms with Gasteiger partial charge in [-0.3, -0.25) is 19.3 Å². The van der Waals surface area contributed by atoms with Crippen LogP contribution in [0.15, 0.2) is 72.8 Å². The number of rotatable bonds is 5. The Labute approximate surface area is 196 Å². The lowest BCUT2D eigenvalue weighted by molar-refractivity contribution is -0.121. The maximum absolute atomic E-state index is 12.9. The lowest BCUT2D eigenvalue weighted by Crippen LogP contribution is -2.38. The number of ether oxygens (including phenoxy) is 1. The van der Waals surface area contributed by atoms with E-state index in [1.54, 1.807) is 4.90 Å². The minimum atomic E-state index is -0.719. The SMILES string of the molecule is O=C(OCC(=O)N1CCCc2ccccc21)c1ccc2c(c1)C(=O)N(Cc1ccccc1)C2=O. The van der Waals surface area contributed by atoms with Crippen LogP contribution < -0.4 is 4.90 Å². The number of fused-ring (bicyclic) bond motifs is 2. The quantitative estimate of drug-likeness (QED) is 0.434. The van der Waals surface area contributed by atoms with Crippen LogP contribution in [0.3, 0.4) is 0 Å². The molecule has 3 amide bonds. The zero-order chi connectivity index (χ0) is 23.7. The van der Waals surface area contributed by atoms with Crippen molar-refractivity contribution in [2.45, 2.75) is 19.4 Å². The molecule has 0 fully saturated rings. The number of imide groups is 1. The van der Waals surface area contributed by atoms with Gasteiger partial charge in [0.05, 0.1) is 23.2 Å². The molecule has 0 N–H and O–H groups in total. The van der Waals surface area contributed by atoms with E-state index in [-0.39, 0.29) is 29.1 Å². The van der Waals surface area contributed by atoms with Gasteiger partial charge in [0.25, 0.3) is 17.7 Å². The number of hydrogen-bond acceptors (Lipinski definition) is 5. The van der Waals surface area contributed by atoms with E-state index in [0.29, 0.717) is 6.54 Å². The molecule has 170 valence electrons. The Bertz CT molecular complexity index is 1300. The zero-order valence-electron chi connectivity index (χ0n) is 18.4. The van der Waals surface area contributed by atoms with Gasteiger partial charge in [-0.1, -0.05) is 48.5 Å². The van der Waals surface area contributed by atoms with E-state index >= 15 is 0 Å². The van der Waals surface area contributed by atoms with Crippen molar-refractivity contribution in [3.8, 4) is 0 Å². The van der Waals surface area contributed by atoms with Crippen molar-refractivity contribution in [2.24, 2.45) is 0 Å². The van der Waals surface area contributed by atoms with E-state index in [1.165, 1.54) is 18.2 Å². The Morgan fingerprint density at radius 1 is 0.853 bits per heavy atom. The normalized spacial score (nSPS) is 14.6. The lowest BCUT2D eigenvalue weighted by Gasteiger charge is -2.29. The van der Waals surface area contributed by atoms with Gasteiger partial charge < -0.3 is 9.64 Å².